The lowest BCUT2D eigenvalue weighted by Crippen LogP contribution is -2.33. The first-order valence-electron chi connectivity index (χ1n) is 5.48. The average molecular weight is 234 g/mol. The van der Waals surface area contributed by atoms with E-state index in [1.165, 1.54) is 7.11 Å². The number of carbonyl (C=O) groups excluding carboxylic acids is 1. The number of ether oxygens (including phenoxy) is 1. The van der Waals surface area contributed by atoms with Gasteiger partial charge in [-0.05, 0) is 12.5 Å². The fraction of sp³-hybridized carbons (Fsp3) is 0.545. The molecule has 0 saturated carbocycles. The summed E-state index contributed by atoms with van der Waals surface area (Å²) in [6.07, 6.45) is 0.842. The van der Waals surface area contributed by atoms with Crippen LogP contribution in [0.2, 0.25) is 0 Å². The zero-order valence-corrected chi connectivity index (χ0v) is 9.72. The molecular weight excluding hydrogens is 220 g/mol. The summed E-state index contributed by atoms with van der Waals surface area (Å²) in [7, 11) is 1.51. The van der Waals surface area contributed by atoms with Crippen LogP contribution in [0, 0.1) is 11.3 Å². The predicted molar refractivity (Wildman–Crippen MR) is 58.9 cm³/mol. The predicted octanol–water partition coefficient (Wildman–Crippen LogP) is 0.133. The summed E-state index contributed by atoms with van der Waals surface area (Å²) in [5, 5.41) is 12.9. The molecule has 0 bridgehead atoms. The Labute approximate surface area is 99.4 Å². The first-order chi connectivity index (χ1) is 8.24. The molecule has 0 aliphatic carbocycles. The van der Waals surface area contributed by atoms with Gasteiger partial charge in [-0.25, -0.2) is 0 Å². The van der Waals surface area contributed by atoms with Gasteiger partial charge in [0, 0.05) is 20.2 Å². The third-order valence-electron chi connectivity index (χ3n) is 2.75. The number of rotatable bonds is 2. The minimum absolute atomic E-state index is 0.0272. The molecule has 1 aliphatic rings. The van der Waals surface area contributed by atoms with Gasteiger partial charge in [-0.3, -0.25) is 9.48 Å². The number of hydrogen-bond donors (Lipinski definition) is 0. The maximum atomic E-state index is 11.7. The lowest BCUT2D eigenvalue weighted by molar-refractivity contribution is -0.135. The van der Waals surface area contributed by atoms with Crippen molar-refractivity contribution in [2.45, 2.75) is 19.5 Å². The van der Waals surface area contributed by atoms with E-state index in [0.29, 0.717) is 18.8 Å². The highest BCUT2D eigenvalue weighted by Crippen LogP contribution is 2.13. The van der Waals surface area contributed by atoms with Crippen LogP contribution < -0.4 is 0 Å². The van der Waals surface area contributed by atoms with Crippen LogP contribution in [0.25, 0.3) is 0 Å². The molecule has 0 unspecified atom stereocenters. The number of methoxy groups -OCH3 is 1. The molecule has 6 nitrogen and oxygen atoms in total. The summed E-state index contributed by atoms with van der Waals surface area (Å²) in [5.41, 5.74) is 1.31. The van der Waals surface area contributed by atoms with Crippen molar-refractivity contribution in [3.8, 4) is 6.07 Å². The van der Waals surface area contributed by atoms with Crippen molar-refractivity contribution >= 4 is 5.91 Å². The molecule has 0 fully saturated rings. The van der Waals surface area contributed by atoms with Gasteiger partial charge in [-0.1, -0.05) is 0 Å². The summed E-state index contributed by atoms with van der Waals surface area (Å²) in [5.74, 6) is -0.0272. The highest BCUT2D eigenvalue weighted by Gasteiger charge is 2.20. The number of fused-ring (bicyclic) bond motifs is 1. The zero-order valence-electron chi connectivity index (χ0n) is 9.72. The van der Waals surface area contributed by atoms with Gasteiger partial charge >= 0.3 is 0 Å². The molecule has 2 heterocycles. The molecule has 2 rings (SSSR count). The van der Waals surface area contributed by atoms with Gasteiger partial charge in [0.1, 0.15) is 12.7 Å². The van der Waals surface area contributed by atoms with E-state index >= 15 is 0 Å². The Morgan fingerprint density at radius 2 is 2.47 bits per heavy atom. The van der Waals surface area contributed by atoms with Crippen molar-refractivity contribution in [3.05, 3.63) is 17.5 Å². The van der Waals surface area contributed by atoms with Gasteiger partial charge in [-0.2, -0.15) is 10.4 Å². The number of nitriles is 1. The normalized spacial score (nSPS) is 14.9. The summed E-state index contributed by atoms with van der Waals surface area (Å²) in [6.45, 7) is 2.04. The number of aromatic nitrogens is 2. The van der Waals surface area contributed by atoms with Gasteiger partial charge in [0.05, 0.1) is 12.2 Å². The molecule has 1 aliphatic heterocycles. The average Bonchev–Trinajstić information content (AvgIpc) is 2.61. The zero-order chi connectivity index (χ0) is 12.3. The van der Waals surface area contributed by atoms with Crippen LogP contribution in [0.4, 0.5) is 0 Å². The summed E-state index contributed by atoms with van der Waals surface area (Å²) in [6, 6.07) is 3.75. The fourth-order valence-corrected chi connectivity index (χ4v) is 1.94. The van der Waals surface area contributed by atoms with E-state index in [2.05, 4.69) is 5.10 Å². The number of amides is 1. The van der Waals surface area contributed by atoms with Gasteiger partial charge in [0.25, 0.3) is 0 Å². The molecule has 1 aromatic heterocycles. The van der Waals surface area contributed by atoms with E-state index in [1.807, 2.05) is 6.07 Å². The minimum atomic E-state index is -0.0272. The van der Waals surface area contributed by atoms with Gasteiger partial charge in [-0.15, -0.1) is 0 Å². The van der Waals surface area contributed by atoms with E-state index in [0.717, 1.165) is 18.7 Å². The highest BCUT2D eigenvalue weighted by molar-refractivity contribution is 5.77. The largest absolute Gasteiger partial charge is 0.375 e. The van der Waals surface area contributed by atoms with Crippen molar-refractivity contribution in [1.82, 2.24) is 14.7 Å². The highest BCUT2D eigenvalue weighted by atomic mass is 16.5. The summed E-state index contributed by atoms with van der Waals surface area (Å²) >= 11 is 0. The van der Waals surface area contributed by atoms with Crippen LogP contribution in [0.1, 0.15) is 17.8 Å². The van der Waals surface area contributed by atoms with Gasteiger partial charge in [0.15, 0.2) is 5.69 Å². The Morgan fingerprint density at radius 3 is 3.18 bits per heavy atom. The van der Waals surface area contributed by atoms with Crippen molar-refractivity contribution < 1.29 is 9.53 Å². The molecule has 0 radical (unpaired) electrons. The van der Waals surface area contributed by atoms with E-state index < -0.39 is 0 Å². The molecule has 0 aromatic carbocycles. The number of hydrogen-bond acceptors (Lipinski definition) is 4. The maximum absolute atomic E-state index is 11.7. The van der Waals surface area contributed by atoms with Crippen molar-refractivity contribution in [1.29, 1.82) is 5.26 Å². The Kier molecular flexibility index (Phi) is 3.40. The molecule has 1 aromatic rings. The lowest BCUT2D eigenvalue weighted by atomic mass is 10.3. The van der Waals surface area contributed by atoms with Crippen LogP contribution in [0.5, 0.6) is 0 Å². The smallest absolute Gasteiger partial charge is 0.248 e. The van der Waals surface area contributed by atoms with Crippen LogP contribution in [-0.2, 0) is 22.6 Å². The molecule has 1 amide bonds. The first-order valence-corrected chi connectivity index (χ1v) is 5.48. The topological polar surface area (TPSA) is 71.2 Å². The molecule has 0 atom stereocenters. The van der Waals surface area contributed by atoms with Crippen LogP contribution in [-0.4, -0.2) is 40.8 Å². The van der Waals surface area contributed by atoms with E-state index in [-0.39, 0.29) is 12.5 Å². The maximum Gasteiger partial charge on any atom is 0.248 e. The van der Waals surface area contributed by atoms with E-state index in [1.54, 1.807) is 15.6 Å². The number of aryl methyl sites for hydroxylation is 1. The second-order valence-electron chi connectivity index (χ2n) is 3.96. The van der Waals surface area contributed by atoms with Crippen molar-refractivity contribution in [3.63, 3.8) is 0 Å². The van der Waals surface area contributed by atoms with Crippen molar-refractivity contribution in [2.24, 2.45) is 0 Å². The second-order valence-corrected chi connectivity index (χ2v) is 3.96. The first kappa shape index (κ1) is 11.6. The number of nitrogens with zero attached hydrogens (tertiary/aromatic N) is 4. The molecule has 0 spiro atoms. The van der Waals surface area contributed by atoms with Crippen LogP contribution in [0.3, 0.4) is 0 Å². The lowest BCUT2D eigenvalue weighted by Gasteiger charge is -2.19. The SMILES string of the molecule is COCC(=O)N1CCCn2nc(C#N)cc2C1. The fourth-order valence-electron chi connectivity index (χ4n) is 1.94. The van der Waals surface area contributed by atoms with Gasteiger partial charge < -0.3 is 9.64 Å². The standard InChI is InChI=1S/C11H14N4O2/c1-17-8-11(16)14-3-2-4-15-10(7-14)5-9(6-12)13-15/h5H,2-4,7-8H2,1H3. The van der Waals surface area contributed by atoms with E-state index in [4.69, 9.17) is 10.00 Å². The molecule has 0 saturated heterocycles. The summed E-state index contributed by atoms with van der Waals surface area (Å²) in [4.78, 5) is 13.5. The number of carbonyl (C=O) groups is 1. The third kappa shape index (κ3) is 2.45. The molecule has 0 N–H and O–H groups in total. The molecule has 90 valence electrons. The Hall–Kier alpha value is -1.87. The summed E-state index contributed by atoms with van der Waals surface area (Å²) < 4.78 is 6.65. The Balaban J connectivity index is 2.16. The van der Waals surface area contributed by atoms with Crippen LogP contribution in [0.15, 0.2) is 6.07 Å². The molecular formula is C11H14N4O2. The van der Waals surface area contributed by atoms with E-state index in [9.17, 15) is 4.79 Å². The minimum Gasteiger partial charge on any atom is -0.375 e. The Morgan fingerprint density at radius 1 is 1.65 bits per heavy atom. The second kappa shape index (κ2) is 4.97. The quantitative estimate of drug-likeness (QED) is 0.729. The van der Waals surface area contributed by atoms with Gasteiger partial charge in [0.2, 0.25) is 5.91 Å². The molecule has 17 heavy (non-hydrogen) atoms. The third-order valence-corrected chi connectivity index (χ3v) is 2.75. The monoisotopic (exact) mass is 234 g/mol. The molecule has 6 heteroatoms. The van der Waals surface area contributed by atoms with Crippen LogP contribution >= 0.6 is 0 Å². The van der Waals surface area contributed by atoms with Crippen molar-refractivity contribution in [2.75, 3.05) is 20.3 Å². The Bertz CT molecular complexity index is 461.